The lowest BCUT2D eigenvalue weighted by Crippen LogP contribution is -2.31. The molecule has 2 aromatic rings. The summed E-state index contributed by atoms with van der Waals surface area (Å²) in [7, 11) is 0. The van der Waals surface area contributed by atoms with E-state index in [1.807, 2.05) is 0 Å². The van der Waals surface area contributed by atoms with E-state index in [4.69, 9.17) is 37.4 Å². The van der Waals surface area contributed by atoms with Gasteiger partial charge >= 0.3 is 12.1 Å². The van der Waals surface area contributed by atoms with Gasteiger partial charge in [-0.2, -0.15) is 13.2 Å². The fourth-order valence-electron chi connectivity index (χ4n) is 2.82. The summed E-state index contributed by atoms with van der Waals surface area (Å²) < 4.78 is 55.4. The molecule has 166 valence electrons. The third-order valence-electron chi connectivity index (χ3n) is 4.23. The van der Waals surface area contributed by atoms with Crippen molar-refractivity contribution in [3.63, 3.8) is 0 Å². The minimum atomic E-state index is -4.73. The highest BCUT2D eigenvalue weighted by atomic mass is 35.5. The van der Waals surface area contributed by atoms with Crippen LogP contribution in [0.1, 0.15) is 18.1 Å². The molecular weight excluding hydrogens is 462 g/mol. The second kappa shape index (κ2) is 9.23. The van der Waals surface area contributed by atoms with Crippen LogP contribution >= 0.6 is 23.2 Å². The zero-order valence-corrected chi connectivity index (χ0v) is 17.5. The highest BCUT2D eigenvalue weighted by Crippen LogP contribution is 2.39. The van der Waals surface area contributed by atoms with Crippen LogP contribution in [0.5, 0.6) is 11.5 Å². The molecule has 1 unspecified atom stereocenters. The van der Waals surface area contributed by atoms with Crippen LogP contribution in [0.2, 0.25) is 10.0 Å². The molecule has 1 heterocycles. The third-order valence-corrected chi connectivity index (χ3v) is 4.74. The molecule has 0 saturated carbocycles. The molecule has 0 aliphatic carbocycles. The number of rotatable bonds is 5. The Morgan fingerprint density at radius 2 is 1.87 bits per heavy atom. The number of ether oxygens (including phenoxy) is 3. The van der Waals surface area contributed by atoms with E-state index < -0.39 is 35.4 Å². The van der Waals surface area contributed by atoms with Crippen LogP contribution in [0.15, 0.2) is 30.3 Å². The topological polar surface area (TPSA) is 73.9 Å². The molecule has 0 saturated heterocycles. The van der Waals surface area contributed by atoms with Crippen molar-refractivity contribution in [2.45, 2.75) is 25.6 Å². The number of carbonyl (C=O) groups is 2. The van der Waals surface area contributed by atoms with E-state index >= 15 is 0 Å². The molecule has 31 heavy (non-hydrogen) atoms. The zero-order valence-electron chi connectivity index (χ0n) is 16.0. The monoisotopic (exact) mass is 477 g/mol. The summed E-state index contributed by atoms with van der Waals surface area (Å²) in [6.45, 7) is 1.93. The van der Waals surface area contributed by atoms with E-state index in [1.165, 1.54) is 19.1 Å². The maximum absolute atomic E-state index is 13.2. The Hall–Kier alpha value is -2.65. The maximum Gasteiger partial charge on any atom is 0.418 e. The Morgan fingerprint density at radius 1 is 1.16 bits per heavy atom. The number of esters is 1. The summed E-state index contributed by atoms with van der Waals surface area (Å²) in [4.78, 5) is 24.5. The van der Waals surface area contributed by atoms with Crippen molar-refractivity contribution >= 4 is 40.8 Å². The predicted molar refractivity (Wildman–Crippen MR) is 107 cm³/mol. The summed E-state index contributed by atoms with van der Waals surface area (Å²) in [5.74, 6) is -0.945. The Bertz CT molecular complexity index is 1010. The fourth-order valence-corrected chi connectivity index (χ4v) is 3.28. The SMILES string of the molecule is CC(OC(=O)Cc1cc(Cl)c2c(c1)OCCO2)C(=O)Nc1ccc(Cl)cc1C(F)(F)F. The van der Waals surface area contributed by atoms with Crippen molar-refractivity contribution in [1.82, 2.24) is 0 Å². The van der Waals surface area contributed by atoms with Gasteiger partial charge in [-0.3, -0.25) is 9.59 Å². The first-order valence-electron chi connectivity index (χ1n) is 8.99. The van der Waals surface area contributed by atoms with Crippen LogP contribution < -0.4 is 14.8 Å². The molecule has 0 aromatic heterocycles. The predicted octanol–water partition coefficient (Wildman–Crippen LogP) is 4.90. The van der Waals surface area contributed by atoms with Crippen LogP contribution in [-0.2, 0) is 26.9 Å². The van der Waals surface area contributed by atoms with Crippen molar-refractivity contribution in [3.8, 4) is 11.5 Å². The van der Waals surface area contributed by atoms with Crippen LogP contribution in [-0.4, -0.2) is 31.2 Å². The molecule has 1 atom stereocenters. The number of hydrogen-bond acceptors (Lipinski definition) is 5. The van der Waals surface area contributed by atoms with Crippen molar-refractivity contribution < 1.29 is 37.0 Å². The number of nitrogens with one attached hydrogen (secondary N) is 1. The molecule has 0 fully saturated rings. The summed E-state index contributed by atoms with van der Waals surface area (Å²) in [6.07, 6.45) is -6.31. The molecule has 0 bridgehead atoms. The first kappa shape index (κ1) is 23.0. The van der Waals surface area contributed by atoms with E-state index in [2.05, 4.69) is 5.32 Å². The van der Waals surface area contributed by atoms with Gasteiger partial charge in [0.05, 0.1) is 22.7 Å². The van der Waals surface area contributed by atoms with Gasteiger partial charge in [-0.1, -0.05) is 23.2 Å². The van der Waals surface area contributed by atoms with Gasteiger partial charge in [0.2, 0.25) is 0 Å². The summed E-state index contributed by atoms with van der Waals surface area (Å²) >= 11 is 11.7. The zero-order chi connectivity index (χ0) is 22.8. The molecule has 3 rings (SSSR count). The van der Waals surface area contributed by atoms with Gasteiger partial charge in [-0.15, -0.1) is 0 Å². The standard InChI is InChI=1S/C20H16Cl2F3NO5/c1-10(19(28)26-15-3-2-12(21)9-13(15)20(23,24)25)31-17(27)8-11-6-14(22)18-16(7-11)29-4-5-30-18/h2-3,6-7,9-10H,4-5,8H2,1H3,(H,26,28). The van der Waals surface area contributed by atoms with Crippen molar-refractivity contribution in [3.05, 3.63) is 51.5 Å². The molecular formula is C20H16Cl2F3NO5. The highest BCUT2D eigenvalue weighted by Gasteiger charge is 2.34. The lowest BCUT2D eigenvalue weighted by molar-refractivity contribution is -0.152. The number of hydrogen-bond donors (Lipinski definition) is 1. The smallest absolute Gasteiger partial charge is 0.418 e. The number of anilines is 1. The average molecular weight is 478 g/mol. The number of amides is 1. The van der Waals surface area contributed by atoms with Crippen molar-refractivity contribution in [1.29, 1.82) is 0 Å². The van der Waals surface area contributed by atoms with Gasteiger partial charge < -0.3 is 19.5 Å². The lowest BCUT2D eigenvalue weighted by atomic mass is 10.1. The van der Waals surface area contributed by atoms with E-state index in [0.717, 1.165) is 6.07 Å². The Balaban J connectivity index is 1.64. The minimum Gasteiger partial charge on any atom is -0.486 e. The molecule has 1 aliphatic heterocycles. The fraction of sp³-hybridized carbons (Fsp3) is 0.300. The number of fused-ring (bicyclic) bond motifs is 1. The second-order valence-corrected chi connectivity index (χ2v) is 7.43. The first-order valence-corrected chi connectivity index (χ1v) is 9.75. The van der Waals surface area contributed by atoms with E-state index in [-0.39, 0.29) is 16.5 Å². The Morgan fingerprint density at radius 3 is 2.58 bits per heavy atom. The number of carbonyl (C=O) groups excluding carboxylic acids is 2. The Labute approximate surface area is 185 Å². The number of alkyl halides is 3. The first-order chi connectivity index (χ1) is 14.5. The molecule has 1 aliphatic rings. The van der Waals surface area contributed by atoms with Gasteiger partial charge in [0.25, 0.3) is 5.91 Å². The highest BCUT2D eigenvalue weighted by molar-refractivity contribution is 6.32. The molecule has 1 amide bonds. The Kier molecular flexibility index (Phi) is 6.86. The molecule has 2 aromatic carbocycles. The van der Waals surface area contributed by atoms with Gasteiger partial charge in [0.1, 0.15) is 13.2 Å². The minimum absolute atomic E-state index is 0.136. The third kappa shape index (κ3) is 5.74. The van der Waals surface area contributed by atoms with Gasteiger partial charge in [0, 0.05) is 5.02 Å². The maximum atomic E-state index is 13.2. The summed E-state index contributed by atoms with van der Waals surface area (Å²) in [5.41, 5.74) is -1.15. The van der Waals surface area contributed by atoms with Crippen LogP contribution in [0.3, 0.4) is 0 Å². The van der Waals surface area contributed by atoms with Gasteiger partial charge in [-0.05, 0) is 42.8 Å². The van der Waals surface area contributed by atoms with E-state index in [0.29, 0.717) is 36.3 Å². The number of halogens is 5. The normalized spacial score (nSPS) is 14.0. The van der Waals surface area contributed by atoms with Crippen LogP contribution in [0.4, 0.5) is 18.9 Å². The number of benzene rings is 2. The van der Waals surface area contributed by atoms with Crippen molar-refractivity contribution in [2.75, 3.05) is 18.5 Å². The molecule has 11 heteroatoms. The molecule has 0 spiro atoms. The van der Waals surface area contributed by atoms with Gasteiger partial charge in [0.15, 0.2) is 17.6 Å². The van der Waals surface area contributed by atoms with Crippen molar-refractivity contribution in [2.24, 2.45) is 0 Å². The lowest BCUT2D eigenvalue weighted by Gasteiger charge is -2.20. The molecule has 6 nitrogen and oxygen atoms in total. The summed E-state index contributed by atoms with van der Waals surface area (Å²) in [5, 5.41) is 2.23. The van der Waals surface area contributed by atoms with Crippen LogP contribution in [0.25, 0.3) is 0 Å². The second-order valence-electron chi connectivity index (χ2n) is 6.59. The largest absolute Gasteiger partial charge is 0.486 e. The molecule has 1 N–H and O–H groups in total. The average Bonchev–Trinajstić information content (AvgIpc) is 2.68. The van der Waals surface area contributed by atoms with Crippen LogP contribution in [0, 0.1) is 0 Å². The van der Waals surface area contributed by atoms with E-state index in [9.17, 15) is 22.8 Å². The molecule has 0 radical (unpaired) electrons. The van der Waals surface area contributed by atoms with Gasteiger partial charge in [-0.25, -0.2) is 0 Å². The quantitative estimate of drug-likeness (QED) is 0.620. The van der Waals surface area contributed by atoms with E-state index in [1.54, 1.807) is 6.07 Å². The summed E-state index contributed by atoms with van der Waals surface area (Å²) in [6, 6.07) is 5.99.